The predicted octanol–water partition coefficient (Wildman–Crippen LogP) is 3.33. The molecular formula is C18H21NO. The normalized spacial score (nSPS) is 22.2. The molecule has 1 fully saturated rings. The lowest BCUT2D eigenvalue weighted by Crippen LogP contribution is -2.26. The highest BCUT2D eigenvalue weighted by molar-refractivity contribution is 5.91. The Bertz CT molecular complexity index is 614. The Balaban J connectivity index is 1.84. The van der Waals surface area contributed by atoms with Gasteiger partial charge in [-0.3, -0.25) is 4.79 Å². The van der Waals surface area contributed by atoms with Crippen LogP contribution in [0.5, 0.6) is 0 Å². The quantitative estimate of drug-likeness (QED) is 0.923. The Morgan fingerprint density at radius 3 is 2.75 bits per heavy atom. The number of carbonyl (C=O) groups is 1. The van der Waals surface area contributed by atoms with Crippen molar-refractivity contribution in [3.05, 3.63) is 48.0 Å². The van der Waals surface area contributed by atoms with Crippen molar-refractivity contribution in [1.82, 2.24) is 0 Å². The number of rotatable bonds is 4. The summed E-state index contributed by atoms with van der Waals surface area (Å²) in [4.78, 5) is 12.6. The molecule has 1 aliphatic rings. The summed E-state index contributed by atoms with van der Waals surface area (Å²) in [6.45, 7) is 0.645. The molecule has 20 heavy (non-hydrogen) atoms. The van der Waals surface area contributed by atoms with Crippen LogP contribution in [0.25, 0.3) is 10.8 Å². The second-order valence-corrected chi connectivity index (χ2v) is 5.81. The zero-order valence-electron chi connectivity index (χ0n) is 11.7. The van der Waals surface area contributed by atoms with E-state index in [9.17, 15) is 4.79 Å². The summed E-state index contributed by atoms with van der Waals surface area (Å²) in [6.07, 6.45) is 3.82. The number of fused-ring (bicyclic) bond motifs is 1. The lowest BCUT2D eigenvalue weighted by molar-refractivity contribution is -0.123. The molecule has 3 rings (SSSR count). The van der Waals surface area contributed by atoms with Gasteiger partial charge in [0.25, 0.3) is 0 Å². The average molecular weight is 267 g/mol. The van der Waals surface area contributed by atoms with Crippen molar-refractivity contribution in [1.29, 1.82) is 0 Å². The van der Waals surface area contributed by atoms with Crippen molar-refractivity contribution < 1.29 is 4.79 Å². The minimum Gasteiger partial charge on any atom is -0.330 e. The van der Waals surface area contributed by atoms with E-state index < -0.39 is 0 Å². The fourth-order valence-corrected chi connectivity index (χ4v) is 3.51. The Morgan fingerprint density at radius 2 is 1.90 bits per heavy atom. The SMILES string of the molecule is NCC1CCCC1C(=O)Cc1cccc2ccccc12. The Hall–Kier alpha value is -1.67. The van der Waals surface area contributed by atoms with Crippen LogP contribution < -0.4 is 5.73 Å². The van der Waals surface area contributed by atoms with Gasteiger partial charge < -0.3 is 5.73 Å². The van der Waals surface area contributed by atoms with Crippen LogP contribution in [0.15, 0.2) is 42.5 Å². The van der Waals surface area contributed by atoms with E-state index >= 15 is 0 Å². The van der Waals surface area contributed by atoms with E-state index in [1.807, 2.05) is 18.2 Å². The fraction of sp³-hybridized carbons (Fsp3) is 0.389. The molecule has 0 aliphatic heterocycles. The molecule has 2 aromatic carbocycles. The molecule has 0 radical (unpaired) electrons. The van der Waals surface area contributed by atoms with Gasteiger partial charge in [0.2, 0.25) is 0 Å². The van der Waals surface area contributed by atoms with E-state index in [4.69, 9.17) is 5.73 Å². The fourth-order valence-electron chi connectivity index (χ4n) is 3.51. The van der Waals surface area contributed by atoms with Crippen molar-refractivity contribution in [2.75, 3.05) is 6.54 Å². The van der Waals surface area contributed by atoms with Crippen molar-refractivity contribution in [2.45, 2.75) is 25.7 Å². The molecular weight excluding hydrogens is 246 g/mol. The molecule has 2 atom stereocenters. The van der Waals surface area contributed by atoms with Crippen LogP contribution in [0.2, 0.25) is 0 Å². The maximum absolute atomic E-state index is 12.6. The zero-order chi connectivity index (χ0) is 13.9. The second kappa shape index (κ2) is 5.76. The van der Waals surface area contributed by atoms with E-state index in [-0.39, 0.29) is 5.92 Å². The van der Waals surface area contributed by atoms with E-state index in [0.717, 1.165) is 24.8 Å². The summed E-state index contributed by atoms with van der Waals surface area (Å²) >= 11 is 0. The molecule has 2 heteroatoms. The predicted molar refractivity (Wildman–Crippen MR) is 82.5 cm³/mol. The summed E-state index contributed by atoms with van der Waals surface area (Å²) in [5, 5.41) is 2.41. The molecule has 0 bridgehead atoms. The van der Waals surface area contributed by atoms with Gasteiger partial charge in [0, 0.05) is 12.3 Å². The molecule has 2 aromatic rings. The smallest absolute Gasteiger partial charge is 0.140 e. The van der Waals surface area contributed by atoms with Crippen molar-refractivity contribution in [3.63, 3.8) is 0 Å². The van der Waals surface area contributed by atoms with Gasteiger partial charge in [0.15, 0.2) is 0 Å². The maximum atomic E-state index is 12.6. The second-order valence-electron chi connectivity index (χ2n) is 5.81. The maximum Gasteiger partial charge on any atom is 0.140 e. The van der Waals surface area contributed by atoms with Gasteiger partial charge in [0.1, 0.15) is 5.78 Å². The van der Waals surface area contributed by atoms with Crippen LogP contribution in [-0.4, -0.2) is 12.3 Å². The number of ketones is 1. The number of Topliss-reactive ketones (excluding diaryl/α,β-unsaturated/α-hetero) is 1. The van der Waals surface area contributed by atoms with E-state index in [2.05, 4.69) is 24.3 Å². The van der Waals surface area contributed by atoms with Gasteiger partial charge in [-0.25, -0.2) is 0 Å². The lowest BCUT2D eigenvalue weighted by Gasteiger charge is -2.17. The van der Waals surface area contributed by atoms with Gasteiger partial charge >= 0.3 is 0 Å². The van der Waals surface area contributed by atoms with E-state index in [1.165, 1.54) is 10.8 Å². The molecule has 0 spiro atoms. The first-order valence-electron chi connectivity index (χ1n) is 7.49. The number of carbonyl (C=O) groups excluding carboxylic acids is 1. The van der Waals surface area contributed by atoms with Crippen LogP contribution >= 0.6 is 0 Å². The zero-order valence-corrected chi connectivity index (χ0v) is 11.7. The highest BCUT2D eigenvalue weighted by Crippen LogP contribution is 2.33. The van der Waals surface area contributed by atoms with Gasteiger partial charge in [0.05, 0.1) is 0 Å². The van der Waals surface area contributed by atoms with Crippen LogP contribution in [0.1, 0.15) is 24.8 Å². The summed E-state index contributed by atoms with van der Waals surface area (Å²) in [5.74, 6) is 0.950. The highest BCUT2D eigenvalue weighted by atomic mass is 16.1. The molecule has 2 N–H and O–H groups in total. The van der Waals surface area contributed by atoms with Gasteiger partial charge in [-0.05, 0) is 41.6 Å². The molecule has 1 aliphatic carbocycles. The van der Waals surface area contributed by atoms with Crippen LogP contribution in [-0.2, 0) is 11.2 Å². The third-order valence-electron chi connectivity index (χ3n) is 4.62. The van der Waals surface area contributed by atoms with E-state index in [1.54, 1.807) is 0 Å². The third kappa shape index (κ3) is 2.48. The van der Waals surface area contributed by atoms with Crippen LogP contribution in [0.4, 0.5) is 0 Å². The molecule has 2 nitrogen and oxygen atoms in total. The summed E-state index contributed by atoms with van der Waals surface area (Å²) in [6, 6.07) is 14.5. The van der Waals surface area contributed by atoms with Crippen molar-refractivity contribution in [3.8, 4) is 0 Å². The van der Waals surface area contributed by atoms with Gasteiger partial charge in [-0.2, -0.15) is 0 Å². The highest BCUT2D eigenvalue weighted by Gasteiger charge is 2.31. The molecule has 0 heterocycles. The largest absolute Gasteiger partial charge is 0.330 e. The third-order valence-corrected chi connectivity index (χ3v) is 4.62. The summed E-state index contributed by atoms with van der Waals surface area (Å²) in [7, 11) is 0. The molecule has 1 saturated carbocycles. The minimum atomic E-state index is 0.180. The van der Waals surface area contributed by atoms with Crippen molar-refractivity contribution >= 4 is 16.6 Å². The molecule has 104 valence electrons. The Labute approximate surface area is 120 Å². The summed E-state index contributed by atoms with van der Waals surface area (Å²) in [5.41, 5.74) is 6.94. The standard InChI is InChI=1S/C18H21NO/c19-12-15-8-4-10-17(15)18(20)11-14-7-3-6-13-5-1-2-9-16(13)14/h1-3,5-7,9,15,17H,4,8,10-12,19H2. The Kier molecular flexibility index (Phi) is 3.83. The number of nitrogens with two attached hydrogens (primary N) is 1. The first-order chi connectivity index (χ1) is 9.79. The first kappa shape index (κ1) is 13.3. The first-order valence-corrected chi connectivity index (χ1v) is 7.49. The lowest BCUT2D eigenvalue weighted by atomic mass is 9.88. The van der Waals surface area contributed by atoms with Crippen LogP contribution in [0.3, 0.4) is 0 Å². The molecule has 2 unspecified atom stereocenters. The topological polar surface area (TPSA) is 43.1 Å². The molecule has 0 saturated heterocycles. The van der Waals surface area contributed by atoms with Gasteiger partial charge in [-0.15, -0.1) is 0 Å². The number of benzene rings is 2. The summed E-state index contributed by atoms with van der Waals surface area (Å²) < 4.78 is 0. The van der Waals surface area contributed by atoms with E-state index in [0.29, 0.717) is 24.7 Å². The number of hydrogen-bond donors (Lipinski definition) is 1. The minimum absolute atomic E-state index is 0.180. The monoisotopic (exact) mass is 267 g/mol. The average Bonchev–Trinajstić information content (AvgIpc) is 2.96. The molecule has 0 amide bonds. The van der Waals surface area contributed by atoms with Crippen molar-refractivity contribution in [2.24, 2.45) is 17.6 Å². The Morgan fingerprint density at radius 1 is 1.10 bits per heavy atom. The molecule has 0 aromatic heterocycles. The number of hydrogen-bond acceptors (Lipinski definition) is 2. The van der Waals surface area contributed by atoms with Crippen LogP contribution in [0, 0.1) is 11.8 Å². The van der Waals surface area contributed by atoms with Gasteiger partial charge in [-0.1, -0.05) is 48.9 Å².